The molecule has 0 saturated heterocycles. The van der Waals surface area contributed by atoms with Gasteiger partial charge < -0.3 is 0 Å². The summed E-state index contributed by atoms with van der Waals surface area (Å²) < 4.78 is 0. The van der Waals surface area contributed by atoms with E-state index in [1.54, 1.807) is 5.57 Å². The van der Waals surface area contributed by atoms with Crippen molar-refractivity contribution in [2.24, 2.45) is 17.8 Å². The van der Waals surface area contributed by atoms with Gasteiger partial charge in [0.05, 0.1) is 0 Å². The van der Waals surface area contributed by atoms with E-state index in [9.17, 15) is 0 Å². The fourth-order valence-corrected chi connectivity index (χ4v) is 2.71. The molecule has 0 spiro atoms. The zero-order valence-corrected chi connectivity index (χ0v) is 6.93. The molecule has 2 aliphatic rings. The van der Waals surface area contributed by atoms with E-state index in [1.165, 1.54) is 19.3 Å². The molecule has 0 N–H and O–H groups in total. The summed E-state index contributed by atoms with van der Waals surface area (Å²) in [7, 11) is 0. The standard InChI is InChI=1S/C10H16/c1-3-8-9-6-4-5-7(2)10(8)9/h5,8-10H,3-4,6H2,1-2H3. The van der Waals surface area contributed by atoms with E-state index >= 15 is 0 Å². The molecular formula is C10H16. The molecule has 3 unspecified atom stereocenters. The van der Waals surface area contributed by atoms with Crippen LogP contribution < -0.4 is 0 Å². The second-order valence-corrected chi connectivity index (χ2v) is 3.79. The highest BCUT2D eigenvalue weighted by molar-refractivity contribution is 5.20. The molecule has 10 heavy (non-hydrogen) atoms. The molecule has 0 heteroatoms. The number of hydrogen-bond donors (Lipinski definition) is 0. The summed E-state index contributed by atoms with van der Waals surface area (Å²) in [5.74, 6) is 3.17. The predicted molar refractivity (Wildman–Crippen MR) is 43.8 cm³/mol. The Bertz CT molecular complexity index is 163. The Morgan fingerprint density at radius 1 is 1.60 bits per heavy atom. The van der Waals surface area contributed by atoms with E-state index in [0.717, 1.165) is 17.8 Å². The first kappa shape index (κ1) is 6.45. The zero-order chi connectivity index (χ0) is 7.14. The van der Waals surface area contributed by atoms with E-state index in [-0.39, 0.29) is 0 Å². The molecule has 0 bridgehead atoms. The highest BCUT2D eigenvalue weighted by atomic mass is 14.5. The van der Waals surface area contributed by atoms with E-state index in [4.69, 9.17) is 0 Å². The van der Waals surface area contributed by atoms with Crippen LogP contribution in [0, 0.1) is 17.8 Å². The molecule has 0 aliphatic heterocycles. The van der Waals surface area contributed by atoms with Crippen LogP contribution in [-0.4, -0.2) is 0 Å². The van der Waals surface area contributed by atoms with Crippen LogP contribution >= 0.6 is 0 Å². The third kappa shape index (κ3) is 0.744. The lowest BCUT2D eigenvalue weighted by Gasteiger charge is -2.04. The summed E-state index contributed by atoms with van der Waals surface area (Å²) in [5.41, 5.74) is 1.68. The maximum absolute atomic E-state index is 2.44. The van der Waals surface area contributed by atoms with Crippen LogP contribution in [-0.2, 0) is 0 Å². The predicted octanol–water partition coefficient (Wildman–Crippen LogP) is 3.00. The van der Waals surface area contributed by atoms with Gasteiger partial charge in [-0.2, -0.15) is 0 Å². The largest absolute Gasteiger partial charge is 0.0853 e. The first-order chi connectivity index (χ1) is 4.84. The average molecular weight is 136 g/mol. The molecule has 0 aromatic heterocycles. The van der Waals surface area contributed by atoms with E-state index in [0.29, 0.717) is 0 Å². The van der Waals surface area contributed by atoms with Gasteiger partial charge in [0, 0.05) is 0 Å². The van der Waals surface area contributed by atoms with Crippen molar-refractivity contribution >= 4 is 0 Å². The maximum atomic E-state index is 2.44. The molecule has 3 atom stereocenters. The quantitative estimate of drug-likeness (QED) is 0.486. The van der Waals surface area contributed by atoms with Gasteiger partial charge >= 0.3 is 0 Å². The molecule has 56 valence electrons. The third-order valence-corrected chi connectivity index (χ3v) is 3.30. The average Bonchev–Trinajstić information content (AvgIpc) is 2.63. The molecule has 0 heterocycles. The van der Waals surface area contributed by atoms with Gasteiger partial charge in [-0.25, -0.2) is 0 Å². The number of rotatable bonds is 1. The Morgan fingerprint density at radius 2 is 2.40 bits per heavy atom. The van der Waals surface area contributed by atoms with Gasteiger partial charge in [-0.3, -0.25) is 0 Å². The third-order valence-electron chi connectivity index (χ3n) is 3.30. The van der Waals surface area contributed by atoms with E-state index in [2.05, 4.69) is 19.9 Å². The molecule has 0 radical (unpaired) electrons. The van der Waals surface area contributed by atoms with Crippen molar-refractivity contribution in [3.05, 3.63) is 11.6 Å². The molecule has 0 aromatic carbocycles. The molecule has 0 aromatic rings. The fourth-order valence-electron chi connectivity index (χ4n) is 2.71. The second kappa shape index (κ2) is 2.11. The van der Waals surface area contributed by atoms with Crippen molar-refractivity contribution in [2.45, 2.75) is 33.1 Å². The van der Waals surface area contributed by atoms with Gasteiger partial charge in [-0.15, -0.1) is 0 Å². The monoisotopic (exact) mass is 136 g/mol. The smallest absolute Gasteiger partial charge is 0.0144 e. The summed E-state index contributed by atoms with van der Waals surface area (Å²) in [5, 5.41) is 0. The van der Waals surface area contributed by atoms with Crippen LogP contribution in [0.5, 0.6) is 0 Å². The van der Waals surface area contributed by atoms with Crippen molar-refractivity contribution in [3.8, 4) is 0 Å². The molecule has 0 amide bonds. The van der Waals surface area contributed by atoms with E-state index < -0.39 is 0 Å². The van der Waals surface area contributed by atoms with Crippen molar-refractivity contribution < 1.29 is 0 Å². The van der Waals surface area contributed by atoms with Crippen LogP contribution in [0.3, 0.4) is 0 Å². The van der Waals surface area contributed by atoms with Crippen molar-refractivity contribution in [3.63, 3.8) is 0 Å². The van der Waals surface area contributed by atoms with Crippen LogP contribution in [0.15, 0.2) is 11.6 Å². The van der Waals surface area contributed by atoms with Gasteiger partial charge in [0.15, 0.2) is 0 Å². The molecule has 2 aliphatic carbocycles. The minimum atomic E-state index is 1.01. The summed E-state index contributed by atoms with van der Waals surface area (Å²) >= 11 is 0. The lowest BCUT2D eigenvalue weighted by molar-refractivity contribution is 0.628. The Hall–Kier alpha value is -0.260. The second-order valence-electron chi connectivity index (χ2n) is 3.79. The normalized spacial score (nSPS) is 44.2. The highest BCUT2D eigenvalue weighted by Crippen LogP contribution is 2.57. The van der Waals surface area contributed by atoms with E-state index in [1.807, 2.05) is 0 Å². The summed E-state index contributed by atoms with van der Waals surface area (Å²) in [4.78, 5) is 0. The Morgan fingerprint density at radius 3 is 3.00 bits per heavy atom. The highest BCUT2D eigenvalue weighted by Gasteiger charge is 2.49. The molecular weight excluding hydrogens is 120 g/mol. The van der Waals surface area contributed by atoms with Crippen LogP contribution in [0.4, 0.5) is 0 Å². The van der Waals surface area contributed by atoms with Gasteiger partial charge in [0.2, 0.25) is 0 Å². The SMILES string of the molecule is CCC1C2CCC=C(C)C12. The van der Waals surface area contributed by atoms with Gasteiger partial charge in [0.1, 0.15) is 0 Å². The number of hydrogen-bond acceptors (Lipinski definition) is 0. The van der Waals surface area contributed by atoms with Gasteiger partial charge in [-0.05, 0) is 37.5 Å². The number of fused-ring (bicyclic) bond motifs is 1. The molecule has 2 rings (SSSR count). The first-order valence-electron chi connectivity index (χ1n) is 4.51. The zero-order valence-electron chi connectivity index (χ0n) is 6.93. The maximum Gasteiger partial charge on any atom is -0.0144 e. The molecule has 1 saturated carbocycles. The minimum absolute atomic E-state index is 1.01. The topological polar surface area (TPSA) is 0 Å². The first-order valence-corrected chi connectivity index (χ1v) is 4.51. The summed E-state index contributed by atoms with van der Waals surface area (Å²) in [6.45, 7) is 4.64. The Kier molecular flexibility index (Phi) is 1.36. The van der Waals surface area contributed by atoms with Crippen molar-refractivity contribution in [1.29, 1.82) is 0 Å². The lowest BCUT2D eigenvalue weighted by atomic mass is 10.0. The fraction of sp³-hybridized carbons (Fsp3) is 0.800. The van der Waals surface area contributed by atoms with Crippen molar-refractivity contribution in [2.75, 3.05) is 0 Å². The summed E-state index contributed by atoms with van der Waals surface area (Å²) in [6, 6.07) is 0. The Balaban J connectivity index is 2.09. The Labute approximate surface area is 63.3 Å². The number of allylic oxidation sites excluding steroid dienone is 2. The summed E-state index contributed by atoms with van der Waals surface area (Å²) in [6.07, 6.45) is 6.67. The lowest BCUT2D eigenvalue weighted by Crippen LogP contribution is -1.90. The van der Waals surface area contributed by atoms with Crippen LogP contribution in [0.1, 0.15) is 33.1 Å². The van der Waals surface area contributed by atoms with Crippen LogP contribution in [0.2, 0.25) is 0 Å². The minimum Gasteiger partial charge on any atom is -0.0853 e. The molecule has 1 fully saturated rings. The van der Waals surface area contributed by atoms with Crippen LogP contribution in [0.25, 0.3) is 0 Å². The van der Waals surface area contributed by atoms with Gasteiger partial charge in [-0.1, -0.05) is 25.0 Å². The molecule has 0 nitrogen and oxygen atoms in total. The van der Waals surface area contributed by atoms with Gasteiger partial charge in [0.25, 0.3) is 0 Å². The van der Waals surface area contributed by atoms with Crippen molar-refractivity contribution in [1.82, 2.24) is 0 Å².